The Morgan fingerprint density at radius 1 is 1.50 bits per heavy atom. The molecule has 3 heteroatoms. The predicted octanol–water partition coefficient (Wildman–Crippen LogP) is 2.28. The summed E-state index contributed by atoms with van der Waals surface area (Å²) in [5.74, 6) is 1.83. The maximum absolute atomic E-state index is 13.0. The molecule has 1 amide bonds. The standard InChI is InChI=1S/C13H14FNO/c1-3-4-5-6-15-13(16)11-7-10(2)8-12(14)9-11/h1,7-9H,4-6H2,2H3,(H,15,16). The highest BCUT2D eigenvalue weighted by Crippen LogP contribution is 2.08. The van der Waals surface area contributed by atoms with Crippen molar-refractivity contribution in [3.63, 3.8) is 0 Å². The highest BCUT2D eigenvalue weighted by atomic mass is 19.1. The smallest absolute Gasteiger partial charge is 0.251 e. The van der Waals surface area contributed by atoms with Gasteiger partial charge in [0.25, 0.3) is 5.91 Å². The molecule has 0 bridgehead atoms. The van der Waals surface area contributed by atoms with Crippen LogP contribution >= 0.6 is 0 Å². The SMILES string of the molecule is C#CCCCNC(=O)c1cc(C)cc(F)c1. The maximum atomic E-state index is 13.0. The molecule has 0 radical (unpaired) electrons. The van der Waals surface area contributed by atoms with Crippen LogP contribution < -0.4 is 5.32 Å². The largest absolute Gasteiger partial charge is 0.352 e. The Hall–Kier alpha value is -1.82. The number of halogens is 1. The Morgan fingerprint density at radius 2 is 2.25 bits per heavy atom. The highest BCUT2D eigenvalue weighted by molar-refractivity contribution is 5.94. The number of terminal acetylenes is 1. The third-order valence-electron chi connectivity index (χ3n) is 2.09. The third-order valence-corrected chi connectivity index (χ3v) is 2.09. The molecule has 2 nitrogen and oxygen atoms in total. The second-order valence-corrected chi connectivity index (χ2v) is 3.58. The van der Waals surface area contributed by atoms with E-state index < -0.39 is 5.82 Å². The van der Waals surface area contributed by atoms with Crippen molar-refractivity contribution < 1.29 is 9.18 Å². The summed E-state index contributed by atoms with van der Waals surface area (Å²) >= 11 is 0. The minimum absolute atomic E-state index is 0.264. The van der Waals surface area contributed by atoms with Crippen molar-refractivity contribution in [2.45, 2.75) is 19.8 Å². The van der Waals surface area contributed by atoms with Gasteiger partial charge in [-0.05, 0) is 37.1 Å². The fourth-order valence-corrected chi connectivity index (χ4v) is 1.36. The van der Waals surface area contributed by atoms with Crippen LogP contribution in [0.15, 0.2) is 18.2 Å². The van der Waals surface area contributed by atoms with Crippen molar-refractivity contribution in [3.05, 3.63) is 35.1 Å². The molecule has 0 aromatic heterocycles. The van der Waals surface area contributed by atoms with Gasteiger partial charge in [-0.15, -0.1) is 12.3 Å². The predicted molar refractivity (Wildman–Crippen MR) is 61.5 cm³/mol. The lowest BCUT2D eigenvalue weighted by Crippen LogP contribution is -2.24. The van der Waals surface area contributed by atoms with Gasteiger partial charge in [0, 0.05) is 18.5 Å². The van der Waals surface area contributed by atoms with Gasteiger partial charge in [-0.2, -0.15) is 0 Å². The fourth-order valence-electron chi connectivity index (χ4n) is 1.36. The molecule has 1 aromatic rings. The second kappa shape index (κ2) is 5.92. The van der Waals surface area contributed by atoms with Crippen LogP contribution in [0, 0.1) is 25.1 Å². The van der Waals surface area contributed by atoms with Crippen molar-refractivity contribution in [1.29, 1.82) is 0 Å². The van der Waals surface area contributed by atoms with E-state index in [1.807, 2.05) is 0 Å². The Balaban J connectivity index is 2.56. The van der Waals surface area contributed by atoms with Crippen molar-refractivity contribution >= 4 is 5.91 Å². The van der Waals surface area contributed by atoms with Crippen LogP contribution in [0.5, 0.6) is 0 Å². The van der Waals surface area contributed by atoms with Crippen LogP contribution in [0.4, 0.5) is 4.39 Å². The number of benzene rings is 1. The van der Waals surface area contributed by atoms with Gasteiger partial charge in [0.05, 0.1) is 0 Å². The van der Waals surface area contributed by atoms with E-state index in [1.54, 1.807) is 13.0 Å². The number of nitrogens with one attached hydrogen (secondary N) is 1. The Labute approximate surface area is 94.9 Å². The number of carbonyl (C=O) groups is 1. The zero-order valence-corrected chi connectivity index (χ0v) is 9.22. The summed E-state index contributed by atoms with van der Waals surface area (Å²) in [6.07, 6.45) is 6.44. The lowest BCUT2D eigenvalue weighted by molar-refractivity contribution is 0.0953. The molecule has 84 valence electrons. The molecular formula is C13H14FNO. The van der Waals surface area contributed by atoms with E-state index in [0.29, 0.717) is 18.5 Å². The first-order chi connectivity index (χ1) is 7.63. The van der Waals surface area contributed by atoms with Crippen LogP contribution in [0.3, 0.4) is 0 Å². The molecule has 0 aliphatic carbocycles. The quantitative estimate of drug-likeness (QED) is 0.611. The Morgan fingerprint density at radius 3 is 2.88 bits per heavy atom. The molecular weight excluding hydrogens is 205 g/mol. The number of rotatable bonds is 4. The monoisotopic (exact) mass is 219 g/mol. The molecule has 0 atom stereocenters. The van der Waals surface area contributed by atoms with Gasteiger partial charge < -0.3 is 5.32 Å². The average Bonchev–Trinajstić information content (AvgIpc) is 2.22. The Bertz CT molecular complexity index is 400. The minimum Gasteiger partial charge on any atom is -0.352 e. The topological polar surface area (TPSA) is 29.1 Å². The number of hydrogen-bond acceptors (Lipinski definition) is 1. The van der Waals surface area contributed by atoms with Gasteiger partial charge in [-0.1, -0.05) is 0 Å². The molecule has 1 rings (SSSR count). The van der Waals surface area contributed by atoms with E-state index in [1.165, 1.54) is 12.1 Å². The van der Waals surface area contributed by atoms with Crippen LogP contribution in [0.1, 0.15) is 28.8 Å². The summed E-state index contributed by atoms with van der Waals surface area (Å²) in [6.45, 7) is 2.26. The van der Waals surface area contributed by atoms with Crippen molar-refractivity contribution in [1.82, 2.24) is 5.32 Å². The number of carbonyl (C=O) groups excluding carboxylic acids is 1. The van der Waals surface area contributed by atoms with E-state index in [2.05, 4.69) is 11.2 Å². The number of unbranched alkanes of at least 4 members (excludes halogenated alkanes) is 1. The molecule has 0 aliphatic heterocycles. The third kappa shape index (κ3) is 3.74. The summed E-state index contributed by atoms with van der Waals surface area (Å²) in [6, 6.07) is 4.26. The van der Waals surface area contributed by atoms with Gasteiger partial charge in [-0.25, -0.2) is 4.39 Å². The zero-order chi connectivity index (χ0) is 12.0. The molecule has 0 heterocycles. The molecule has 0 saturated heterocycles. The lowest BCUT2D eigenvalue weighted by atomic mass is 10.1. The van der Waals surface area contributed by atoms with Gasteiger partial charge in [0.1, 0.15) is 5.82 Å². The molecule has 0 unspecified atom stereocenters. The normalized spacial score (nSPS) is 9.56. The highest BCUT2D eigenvalue weighted by Gasteiger charge is 2.06. The van der Waals surface area contributed by atoms with E-state index in [9.17, 15) is 9.18 Å². The first-order valence-corrected chi connectivity index (χ1v) is 5.12. The molecule has 16 heavy (non-hydrogen) atoms. The van der Waals surface area contributed by atoms with Crippen molar-refractivity contribution in [3.8, 4) is 12.3 Å². The minimum atomic E-state index is -0.395. The van der Waals surface area contributed by atoms with Gasteiger partial charge in [0.15, 0.2) is 0 Å². The fraction of sp³-hybridized carbons (Fsp3) is 0.308. The van der Waals surface area contributed by atoms with Crippen LogP contribution in [-0.2, 0) is 0 Å². The number of hydrogen-bond donors (Lipinski definition) is 1. The van der Waals surface area contributed by atoms with Gasteiger partial charge in [-0.3, -0.25) is 4.79 Å². The van der Waals surface area contributed by atoms with Gasteiger partial charge >= 0.3 is 0 Å². The van der Waals surface area contributed by atoms with Crippen molar-refractivity contribution in [2.75, 3.05) is 6.54 Å². The summed E-state index contributed by atoms with van der Waals surface area (Å²) in [5.41, 5.74) is 1.08. The molecule has 0 fully saturated rings. The lowest BCUT2D eigenvalue weighted by Gasteiger charge is -2.05. The van der Waals surface area contributed by atoms with Gasteiger partial charge in [0.2, 0.25) is 0 Å². The van der Waals surface area contributed by atoms with E-state index in [4.69, 9.17) is 6.42 Å². The molecule has 0 spiro atoms. The summed E-state index contributed by atoms with van der Waals surface area (Å²) in [4.78, 5) is 11.6. The van der Waals surface area contributed by atoms with Crippen LogP contribution in [0.25, 0.3) is 0 Å². The summed E-state index contributed by atoms with van der Waals surface area (Å²) in [5, 5.41) is 2.69. The second-order valence-electron chi connectivity index (χ2n) is 3.58. The zero-order valence-electron chi connectivity index (χ0n) is 9.22. The van der Waals surface area contributed by atoms with E-state index in [0.717, 1.165) is 12.0 Å². The summed E-state index contributed by atoms with van der Waals surface area (Å²) < 4.78 is 13.0. The number of aryl methyl sites for hydroxylation is 1. The molecule has 0 aliphatic rings. The Kier molecular flexibility index (Phi) is 4.53. The first kappa shape index (κ1) is 12.3. The molecule has 1 aromatic carbocycles. The number of amides is 1. The van der Waals surface area contributed by atoms with E-state index in [-0.39, 0.29) is 5.91 Å². The van der Waals surface area contributed by atoms with Crippen LogP contribution in [0.2, 0.25) is 0 Å². The maximum Gasteiger partial charge on any atom is 0.251 e. The molecule has 0 saturated carbocycles. The van der Waals surface area contributed by atoms with E-state index >= 15 is 0 Å². The van der Waals surface area contributed by atoms with Crippen molar-refractivity contribution in [2.24, 2.45) is 0 Å². The summed E-state index contributed by atoms with van der Waals surface area (Å²) in [7, 11) is 0. The first-order valence-electron chi connectivity index (χ1n) is 5.12. The van der Waals surface area contributed by atoms with Crippen LogP contribution in [-0.4, -0.2) is 12.5 Å². The molecule has 1 N–H and O–H groups in total. The average molecular weight is 219 g/mol.